The second-order valence-electron chi connectivity index (χ2n) is 7.74. The summed E-state index contributed by atoms with van der Waals surface area (Å²) >= 11 is 0. The van der Waals surface area contributed by atoms with Crippen molar-refractivity contribution in [2.45, 2.75) is 44.1 Å². The van der Waals surface area contributed by atoms with Crippen LogP contribution in [0.25, 0.3) is 5.65 Å². The van der Waals surface area contributed by atoms with Crippen LogP contribution in [0.1, 0.15) is 54.7 Å². The normalized spacial score (nSPS) is 19.0. The fourth-order valence-corrected chi connectivity index (χ4v) is 3.84. The molecule has 0 radical (unpaired) electrons. The van der Waals surface area contributed by atoms with Gasteiger partial charge in [0, 0.05) is 31.5 Å². The minimum Gasteiger partial charge on any atom is -0.302 e. The van der Waals surface area contributed by atoms with Crippen LogP contribution in [0.3, 0.4) is 0 Å². The van der Waals surface area contributed by atoms with Crippen molar-refractivity contribution in [1.29, 1.82) is 0 Å². The van der Waals surface area contributed by atoms with E-state index in [4.69, 9.17) is 5.10 Å². The Bertz CT molecular complexity index is 1030. The maximum Gasteiger partial charge on any atom is 0.253 e. The molecule has 0 spiro atoms. The van der Waals surface area contributed by atoms with Gasteiger partial charge in [-0.3, -0.25) is 9.69 Å². The summed E-state index contributed by atoms with van der Waals surface area (Å²) in [5, 5.41) is 13.6. The highest BCUT2D eigenvalue weighted by Crippen LogP contribution is 2.39. The maximum atomic E-state index is 11.8. The number of aryl methyl sites for hydroxylation is 1. The molecule has 5 rings (SSSR count). The average Bonchev–Trinajstić information content (AvgIpc) is 3.45. The Kier molecular flexibility index (Phi) is 4.00. The average molecular weight is 365 g/mol. The smallest absolute Gasteiger partial charge is 0.253 e. The van der Waals surface area contributed by atoms with Gasteiger partial charge in [-0.05, 0) is 50.9 Å². The second-order valence-corrected chi connectivity index (χ2v) is 7.74. The summed E-state index contributed by atoms with van der Waals surface area (Å²) in [6.45, 7) is 2.63. The van der Waals surface area contributed by atoms with Crippen LogP contribution in [-0.2, 0) is 13.6 Å². The summed E-state index contributed by atoms with van der Waals surface area (Å²) in [5.41, 5.74) is 2.82. The Morgan fingerprint density at radius 2 is 1.89 bits per heavy atom. The van der Waals surface area contributed by atoms with Crippen molar-refractivity contribution in [3.8, 4) is 0 Å². The largest absolute Gasteiger partial charge is 0.302 e. The Labute approximate surface area is 156 Å². The molecule has 4 heterocycles. The number of hydrogen-bond donors (Lipinski definition) is 0. The number of nitrogens with zero attached hydrogens (tertiary/aromatic N) is 7. The van der Waals surface area contributed by atoms with Gasteiger partial charge in [0.2, 0.25) is 0 Å². The summed E-state index contributed by atoms with van der Waals surface area (Å²) in [6, 6.07) is 5.75. The molecule has 0 amide bonds. The van der Waals surface area contributed by atoms with E-state index in [9.17, 15) is 4.79 Å². The van der Waals surface area contributed by atoms with Gasteiger partial charge in [-0.1, -0.05) is 0 Å². The van der Waals surface area contributed by atoms with E-state index < -0.39 is 0 Å². The number of piperidine rings is 1. The Morgan fingerprint density at radius 1 is 1.07 bits per heavy atom. The molecule has 0 N–H and O–H groups in total. The molecule has 0 bridgehead atoms. The minimum absolute atomic E-state index is 0.0117. The first-order valence-corrected chi connectivity index (χ1v) is 9.63. The molecule has 0 unspecified atom stereocenters. The summed E-state index contributed by atoms with van der Waals surface area (Å²) in [4.78, 5) is 18.5. The summed E-state index contributed by atoms with van der Waals surface area (Å²) in [7, 11) is 1.72. The molecule has 2 fully saturated rings. The van der Waals surface area contributed by atoms with E-state index in [1.807, 2.05) is 10.6 Å². The maximum absolute atomic E-state index is 11.8. The number of fused-ring (bicyclic) bond motifs is 1. The van der Waals surface area contributed by atoms with Gasteiger partial charge < -0.3 is 4.57 Å². The Balaban J connectivity index is 1.29. The van der Waals surface area contributed by atoms with Crippen LogP contribution in [-0.4, -0.2) is 47.4 Å². The van der Waals surface area contributed by atoms with Crippen LogP contribution in [0.5, 0.6) is 0 Å². The first-order chi connectivity index (χ1) is 13.2. The van der Waals surface area contributed by atoms with Crippen LogP contribution >= 0.6 is 0 Å². The first-order valence-electron chi connectivity index (χ1n) is 9.63. The third kappa shape index (κ3) is 3.25. The van der Waals surface area contributed by atoms with Gasteiger partial charge in [0.05, 0.1) is 17.7 Å². The molecule has 1 aliphatic heterocycles. The molecule has 1 saturated carbocycles. The molecule has 3 aromatic rings. The Hall–Kier alpha value is -2.61. The number of likely N-dealkylation sites (tertiary alicyclic amines) is 1. The quantitative estimate of drug-likeness (QED) is 0.697. The van der Waals surface area contributed by atoms with Crippen LogP contribution in [0, 0.1) is 0 Å². The van der Waals surface area contributed by atoms with E-state index in [2.05, 4.69) is 26.1 Å². The molecule has 1 saturated heterocycles. The fourth-order valence-electron chi connectivity index (χ4n) is 3.84. The van der Waals surface area contributed by atoms with Crippen molar-refractivity contribution < 1.29 is 0 Å². The van der Waals surface area contributed by atoms with Crippen LogP contribution < -0.4 is 5.56 Å². The molecular formula is C19H23N7O. The molecule has 8 nitrogen and oxygen atoms in total. The first kappa shape index (κ1) is 16.6. The van der Waals surface area contributed by atoms with Gasteiger partial charge in [-0.25, -0.2) is 4.98 Å². The topological polar surface area (TPSA) is 81.2 Å². The van der Waals surface area contributed by atoms with E-state index in [0.717, 1.165) is 48.8 Å². The van der Waals surface area contributed by atoms with Crippen LogP contribution in [0.2, 0.25) is 0 Å². The van der Waals surface area contributed by atoms with Crippen molar-refractivity contribution >= 4 is 5.65 Å². The van der Waals surface area contributed by atoms with Gasteiger partial charge in [0.15, 0.2) is 11.5 Å². The molecule has 140 valence electrons. The van der Waals surface area contributed by atoms with E-state index in [1.54, 1.807) is 19.4 Å². The highest BCUT2D eigenvalue weighted by molar-refractivity contribution is 5.38. The van der Waals surface area contributed by atoms with Gasteiger partial charge in [-0.2, -0.15) is 9.61 Å². The van der Waals surface area contributed by atoms with Crippen molar-refractivity contribution in [3.05, 3.63) is 52.1 Å². The molecule has 27 heavy (non-hydrogen) atoms. The zero-order valence-corrected chi connectivity index (χ0v) is 15.5. The molecule has 2 aliphatic rings. The summed E-state index contributed by atoms with van der Waals surface area (Å²) in [5.74, 6) is 1.98. The molecular weight excluding hydrogens is 342 g/mol. The Morgan fingerprint density at radius 3 is 2.63 bits per heavy atom. The van der Waals surface area contributed by atoms with Gasteiger partial charge in [0.1, 0.15) is 0 Å². The molecule has 8 heteroatoms. The highest BCUT2D eigenvalue weighted by Gasteiger charge is 2.28. The minimum atomic E-state index is -0.0117. The van der Waals surface area contributed by atoms with Crippen molar-refractivity contribution in [2.75, 3.05) is 13.1 Å². The monoisotopic (exact) mass is 365 g/mol. The third-order valence-corrected chi connectivity index (χ3v) is 5.68. The van der Waals surface area contributed by atoms with Gasteiger partial charge in [0.25, 0.3) is 5.56 Å². The lowest BCUT2D eigenvalue weighted by atomic mass is 9.96. The standard InChI is InChI=1S/C19H23N7O/c1-24-12-20-15(10-18(24)27)11-25-8-6-14(7-9-25)19-22-21-17-5-4-16(13-2-3-13)23-26(17)19/h4-5,10,12-14H,2-3,6-9,11H2,1H3. The zero-order chi connectivity index (χ0) is 18.4. The van der Waals surface area contributed by atoms with Gasteiger partial charge in [-0.15, -0.1) is 10.2 Å². The molecule has 1 aliphatic carbocycles. The molecule has 0 aromatic carbocycles. The number of hydrogen-bond acceptors (Lipinski definition) is 6. The third-order valence-electron chi connectivity index (χ3n) is 5.68. The van der Waals surface area contributed by atoms with Crippen molar-refractivity contribution in [2.24, 2.45) is 7.05 Å². The van der Waals surface area contributed by atoms with Crippen molar-refractivity contribution in [3.63, 3.8) is 0 Å². The lowest BCUT2D eigenvalue weighted by Crippen LogP contribution is -2.34. The van der Waals surface area contributed by atoms with Crippen LogP contribution in [0.4, 0.5) is 0 Å². The highest BCUT2D eigenvalue weighted by atomic mass is 16.1. The van der Waals surface area contributed by atoms with E-state index >= 15 is 0 Å². The summed E-state index contributed by atoms with van der Waals surface area (Å²) in [6.07, 6.45) is 6.10. The number of aromatic nitrogens is 6. The van der Waals surface area contributed by atoms with Crippen molar-refractivity contribution in [1.82, 2.24) is 34.3 Å². The molecule has 3 aromatic heterocycles. The lowest BCUT2D eigenvalue weighted by Gasteiger charge is -2.30. The summed E-state index contributed by atoms with van der Waals surface area (Å²) < 4.78 is 3.45. The van der Waals surface area contributed by atoms with E-state index in [0.29, 0.717) is 18.4 Å². The zero-order valence-electron chi connectivity index (χ0n) is 15.5. The lowest BCUT2D eigenvalue weighted by molar-refractivity contribution is 0.198. The fraction of sp³-hybridized carbons (Fsp3) is 0.526. The predicted molar refractivity (Wildman–Crippen MR) is 99.5 cm³/mol. The molecule has 0 atom stereocenters. The van der Waals surface area contributed by atoms with Crippen LogP contribution in [0.15, 0.2) is 29.3 Å². The second kappa shape index (κ2) is 6.53. The van der Waals surface area contributed by atoms with Gasteiger partial charge >= 0.3 is 0 Å². The van der Waals surface area contributed by atoms with E-state index in [-0.39, 0.29) is 5.56 Å². The predicted octanol–water partition coefficient (Wildman–Crippen LogP) is 1.47. The van der Waals surface area contributed by atoms with E-state index in [1.165, 1.54) is 17.4 Å². The number of rotatable bonds is 4. The SMILES string of the molecule is Cn1cnc(CN2CCC(c3nnc4ccc(C5CC5)nn34)CC2)cc1=O.